The van der Waals surface area contributed by atoms with Crippen molar-refractivity contribution in [2.75, 3.05) is 36.8 Å². The second kappa shape index (κ2) is 7.21. The predicted molar refractivity (Wildman–Crippen MR) is 112 cm³/mol. The van der Waals surface area contributed by atoms with Crippen LogP contribution in [0.3, 0.4) is 0 Å². The Labute approximate surface area is 168 Å². The molecule has 28 heavy (non-hydrogen) atoms. The minimum atomic E-state index is 0.363. The molecule has 1 aromatic rings. The topological polar surface area (TPSA) is 67.5 Å². The second-order valence-corrected chi connectivity index (χ2v) is 9.09. The summed E-state index contributed by atoms with van der Waals surface area (Å²) in [6, 6.07) is 0.593. The van der Waals surface area contributed by atoms with Gasteiger partial charge in [-0.1, -0.05) is 6.42 Å². The van der Waals surface area contributed by atoms with Crippen LogP contribution in [0.2, 0.25) is 0 Å². The monoisotopic (exact) mass is 383 g/mol. The van der Waals surface area contributed by atoms with Gasteiger partial charge in [0.1, 0.15) is 17.7 Å². The van der Waals surface area contributed by atoms with Crippen LogP contribution in [0, 0.1) is 5.92 Å². The van der Waals surface area contributed by atoms with Crippen molar-refractivity contribution in [2.24, 2.45) is 5.92 Å². The maximum atomic E-state index is 6.37. The van der Waals surface area contributed by atoms with E-state index in [0.717, 1.165) is 50.5 Å². The lowest BCUT2D eigenvalue weighted by molar-refractivity contribution is 0.0793. The summed E-state index contributed by atoms with van der Waals surface area (Å²) in [4.78, 5) is 14.5. The highest BCUT2D eigenvalue weighted by Gasteiger charge is 2.42. The standard InChI is InChI=1S/C22H33N5O/c1-14(2)26-10-5-11-27(13-12-26)21-16-8-9-18-19(20(16)24-22(23)25-21)15-6-3-4-7-17(15)28-18/h14-15,17H,3-13H2,1-2H3,(H2,23,24,25). The third kappa shape index (κ3) is 3.06. The molecule has 1 saturated heterocycles. The first-order valence-electron chi connectivity index (χ1n) is 11.2. The molecule has 152 valence electrons. The van der Waals surface area contributed by atoms with Gasteiger partial charge in [0.2, 0.25) is 5.95 Å². The van der Waals surface area contributed by atoms with Crippen LogP contribution in [0.4, 0.5) is 11.8 Å². The molecule has 0 amide bonds. The largest absolute Gasteiger partial charge is 0.494 e. The number of nitrogens with two attached hydrogens (primary N) is 1. The van der Waals surface area contributed by atoms with Gasteiger partial charge in [-0.3, -0.25) is 4.90 Å². The average Bonchev–Trinajstić information content (AvgIpc) is 2.88. The fraction of sp³-hybridized carbons (Fsp3) is 0.727. The number of hydrogen-bond donors (Lipinski definition) is 1. The zero-order valence-electron chi connectivity index (χ0n) is 17.3. The molecule has 0 bridgehead atoms. The first kappa shape index (κ1) is 18.2. The van der Waals surface area contributed by atoms with Gasteiger partial charge in [-0.25, -0.2) is 4.98 Å². The fourth-order valence-electron chi connectivity index (χ4n) is 5.63. The Bertz CT molecular complexity index is 789. The Kier molecular flexibility index (Phi) is 4.69. The molecular weight excluding hydrogens is 350 g/mol. The van der Waals surface area contributed by atoms with E-state index in [1.807, 2.05) is 0 Å². The van der Waals surface area contributed by atoms with Crippen molar-refractivity contribution in [1.29, 1.82) is 0 Å². The van der Waals surface area contributed by atoms with Crippen molar-refractivity contribution in [2.45, 2.75) is 70.9 Å². The van der Waals surface area contributed by atoms with E-state index < -0.39 is 0 Å². The van der Waals surface area contributed by atoms with E-state index in [1.165, 1.54) is 49.0 Å². The van der Waals surface area contributed by atoms with Gasteiger partial charge >= 0.3 is 0 Å². The summed E-state index contributed by atoms with van der Waals surface area (Å²) in [7, 11) is 0. The summed E-state index contributed by atoms with van der Waals surface area (Å²) >= 11 is 0. The van der Waals surface area contributed by atoms with Crippen molar-refractivity contribution < 1.29 is 4.74 Å². The molecule has 2 N–H and O–H groups in total. The van der Waals surface area contributed by atoms with Gasteiger partial charge in [-0.05, 0) is 46.0 Å². The molecule has 6 nitrogen and oxygen atoms in total. The normalized spacial score (nSPS) is 27.9. The number of hydrogen-bond acceptors (Lipinski definition) is 6. The zero-order chi connectivity index (χ0) is 19.3. The summed E-state index contributed by atoms with van der Waals surface area (Å²) in [5.74, 6) is 3.19. The Morgan fingerprint density at radius 2 is 1.86 bits per heavy atom. The van der Waals surface area contributed by atoms with E-state index in [9.17, 15) is 0 Å². The number of allylic oxidation sites excluding steroid dienone is 1. The van der Waals surface area contributed by atoms with Crippen molar-refractivity contribution in [3.05, 3.63) is 17.0 Å². The Balaban J connectivity index is 1.49. The molecule has 3 heterocycles. The number of ether oxygens (including phenoxy) is 1. The Morgan fingerprint density at radius 1 is 1.00 bits per heavy atom. The van der Waals surface area contributed by atoms with E-state index in [0.29, 0.717) is 24.0 Å². The highest BCUT2D eigenvalue weighted by Crippen LogP contribution is 2.50. The molecule has 1 aromatic heterocycles. The number of anilines is 2. The van der Waals surface area contributed by atoms with Crippen LogP contribution in [-0.4, -0.2) is 53.2 Å². The molecule has 0 radical (unpaired) electrons. The van der Waals surface area contributed by atoms with E-state index >= 15 is 0 Å². The highest BCUT2D eigenvalue weighted by atomic mass is 16.5. The van der Waals surface area contributed by atoms with Gasteiger partial charge in [0.05, 0.1) is 5.69 Å². The molecule has 2 fully saturated rings. The Morgan fingerprint density at radius 3 is 2.71 bits per heavy atom. The molecule has 0 aromatic carbocycles. The van der Waals surface area contributed by atoms with Crippen LogP contribution in [0.5, 0.6) is 0 Å². The van der Waals surface area contributed by atoms with Crippen molar-refractivity contribution >= 4 is 17.3 Å². The van der Waals surface area contributed by atoms with Crippen LogP contribution in [0.25, 0.3) is 5.57 Å². The minimum absolute atomic E-state index is 0.363. The van der Waals surface area contributed by atoms with Crippen molar-refractivity contribution in [3.8, 4) is 0 Å². The van der Waals surface area contributed by atoms with Gasteiger partial charge in [0, 0.05) is 55.7 Å². The summed E-state index contributed by atoms with van der Waals surface area (Å²) in [5.41, 5.74) is 10.00. The SMILES string of the molecule is CC(C)N1CCCN(c2nc(N)nc3c2CCC2=C3C3CCCCC3O2)CC1. The third-order valence-corrected chi connectivity index (χ3v) is 7.09. The lowest BCUT2D eigenvalue weighted by atomic mass is 9.78. The molecule has 1 saturated carbocycles. The molecule has 5 rings (SSSR count). The molecule has 4 aliphatic rings. The number of rotatable bonds is 2. The van der Waals surface area contributed by atoms with Gasteiger partial charge in [0.15, 0.2) is 0 Å². The summed E-state index contributed by atoms with van der Waals surface area (Å²) in [6.07, 6.45) is 8.45. The average molecular weight is 384 g/mol. The van der Waals surface area contributed by atoms with Crippen LogP contribution in [-0.2, 0) is 11.2 Å². The number of nitrogens with zero attached hydrogens (tertiary/aromatic N) is 4. The van der Waals surface area contributed by atoms with Gasteiger partial charge in [-0.15, -0.1) is 0 Å². The number of aromatic nitrogens is 2. The maximum Gasteiger partial charge on any atom is 0.222 e. The Hall–Kier alpha value is -1.82. The lowest BCUT2D eigenvalue weighted by Gasteiger charge is -2.29. The summed E-state index contributed by atoms with van der Waals surface area (Å²) < 4.78 is 6.37. The number of fused-ring (bicyclic) bond motifs is 4. The molecule has 6 heteroatoms. The molecule has 2 unspecified atom stereocenters. The maximum absolute atomic E-state index is 6.37. The molecular formula is C22H33N5O. The molecule has 2 atom stereocenters. The fourth-order valence-corrected chi connectivity index (χ4v) is 5.63. The first-order valence-corrected chi connectivity index (χ1v) is 11.2. The van der Waals surface area contributed by atoms with E-state index in [2.05, 4.69) is 23.6 Å². The third-order valence-electron chi connectivity index (χ3n) is 7.09. The van der Waals surface area contributed by atoms with E-state index in [1.54, 1.807) is 0 Å². The second-order valence-electron chi connectivity index (χ2n) is 9.09. The minimum Gasteiger partial charge on any atom is -0.494 e. The molecule has 2 aliphatic carbocycles. The first-order chi connectivity index (χ1) is 13.6. The smallest absolute Gasteiger partial charge is 0.222 e. The quantitative estimate of drug-likeness (QED) is 0.846. The van der Waals surface area contributed by atoms with Crippen molar-refractivity contribution in [3.63, 3.8) is 0 Å². The van der Waals surface area contributed by atoms with Gasteiger partial charge < -0.3 is 15.4 Å². The van der Waals surface area contributed by atoms with Crippen LogP contribution in [0.1, 0.15) is 63.6 Å². The van der Waals surface area contributed by atoms with Crippen LogP contribution >= 0.6 is 0 Å². The van der Waals surface area contributed by atoms with Crippen molar-refractivity contribution in [1.82, 2.24) is 14.9 Å². The van der Waals surface area contributed by atoms with Crippen LogP contribution in [0.15, 0.2) is 5.76 Å². The van der Waals surface area contributed by atoms with E-state index in [-0.39, 0.29) is 0 Å². The summed E-state index contributed by atoms with van der Waals surface area (Å²) in [6.45, 7) is 8.86. The lowest BCUT2D eigenvalue weighted by Crippen LogP contribution is -2.35. The highest BCUT2D eigenvalue weighted by molar-refractivity contribution is 5.77. The van der Waals surface area contributed by atoms with Crippen LogP contribution < -0.4 is 10.6 Å². The number of nitrogen functional groups attached to an aromatic ring is 1. The van der Waals surface area contributed by atoms with Gasteiger partial charge in [0.25, 0.3) is 0 Å². The molecule has 2 aliphatic heterocycles. The summed E-state index contributed by atoms with van der Waals surface area (Å²) in [5, 5.41) is 0. The zero-order valence-corrected chi connectivity index (χ0v) is 17.3. The van der Waals surface area contributed by atoms with Gasteiger partial charge in [-0.2, -0.15) is 4.98 Å². The molecule has 0 spiro atoms. The predicted octanol–water partition coefficient (Wildman–Crippen LogP) is 3.23. The van der Waals surface area contributed by atoms with E-state index in [4.69, 9.17) is 20.4 Å².